The quantitative estimate of drug-likeness (QED) is 0.287. The number of nitrogens with zero attached hydrogens (tertiary/aromatic N) is 2. The molecule has 0 fully saturated rings. The Morgan fingerprint density at radius 1 is 0.719 bits per heavy atom. The van der Waals surface area contributed by atoms with Gasteiger partial charge in [0.05, 0.1) is 6.61 Å². The zero-order valence-corrected chi connectivity index (χ0v) is 20.7. The highest BCUT2D eigenvalue weighted by molar-refractivity contribution is 5.61. The molecule has 0 aliphatic rings. The molecule has 0 amide bonds. The normalized spacial score (nSPS) is 12.1. The minimum Gasteiger partial charge on any atom is -0.494 e. The molecule has 2 heterocycles. The van der Waals surface area contributed by atoms with E-state index in [9.17, 15) is 0 Å². The molecule has 3 aromatic rings. The molecule has 3 nitrogen and oxygen atoms in total. The van der Waals surface area contributed by atoms with Crippen molar-refractivity contribution in [3.63, 3.8) is 0 Å². The van der Waals surface area contributed by atoms with Crippen molar-refractivity contribution in [1.29, 1.82) is 0 Å². The molecule has 3 rings (SSSR count). The van der Waals surface area contributed by atoms with Crippen LogP contribution in [0.15, 0.2) is 67.3 Å². The Morgan fingerprint density at radius 2 is 1.28 bits per heavy atom. The molecule has 0 aliphatic heterocycles. The molecule has 0 unspecified atom stereocenters. The van der Waals surface area contributed by atoms with Crippen LogP contribution in [0.1, 0.15) is 71.9 Å². The molecule has 0 N–H and O–H groups in total. The molecular formula is C29H39N2O+. The summed E-state index contributed by atoms with van der Waals surface area (Å²) in [5.41, 5.74) is 5.34. The van der Waals surface area contributed by atoms with Gasteiger partial charge in [-0.05, 0) is 70.2 Å². The average Bonchev–Trinajstić information content (AvgIpc) is 2.76. The number of rotatable bonds is 8. The van der Waals surface area contributed by atoms with Crippen molar-refractivity contribution >= 4 is 0 Å². The third-order valence-corrected chi connectivity index (χ3v) is 5.87. The zero-order chi connectivity index (χ0) is 23.2. The van der Waals surface area contributed by atoms with E-state index < -0.39 is 0 Å². The summed E-state index contributed by atoms with van der Waals surface area (Å²) < 4.78 is 8.44. The maximum atomic E-state index is 6.18. The molecule has 3 heteroatoms. The highest BCUT2D eigenvalue weighted by atomic mass is 16.5. The van der Waals surface area contributed by atoms with Crippen LogP contribution in [0.3, 0.4) is 0 Å². The van der Waals surface area contributed by atoms with Crippen molar-refractivity contribution in [2.24, 2.45) is 0 Å². The molecule has 0 saturated heterocycles. The summed E-state index contributed by atoms with van der Waals surface area (Å²) >= 11 is 0. The Labute approximate surface area is 194 Å². The average molecular weight is 432 g/mol. The van der Waals surface area contributed by atoms with Crippen LogP contribution in [-0.4, -0.2) is 11.6 Å². The Morgan fingerprint density at radius 3 is 1.84 bits per heavy atom. The van der Waals surface area contributed by atoms with Gasteiger partial charge in [-0.3, -0.25) is 4.98 Å². The SMILES string of the molecule is CC(C)(C)c1cc(OCCCCC[n+]2ccc(-c3ccncc3)cc2)cc(C(C)(C)C)c1. The number of aryl methyl sites for hydroxylation is 1. The summed E-state index contributed by atoms with van der Waals surface area (Å²) in [7, 11) is 0. The Bertz CT molecular complexity index is 948. The fourth-order valence-corrected chi connectivity index (χ4v) is 3.65. The topological polar surface area (TPSA) is 26.0 Å². The fraction of sp³-hybridized carbons (Fsp3) is 0.448. The highest BCUT2D eigenvalue weighted by Crippen LogP contribution is 2.33. The van der Waals surface area contributed by atoms with Crippen molar-refractivity contribution < 1.29 is 9.30 Å². The zero-order valence-electron chi connectivity index (χ0n) is 20.7. The van der Waals surface area contributed by atoms with Crippen molar-refractivity contribution in [2.45, 2.75) is 78.2 Å². The number of pyridine rings is 2. The van der Waals surface area contributed by atoms with E-state index in [0.29, 0.717) is 0 Å². The third kappa shape index (κ3) is 6.91. The van der Waals surface area contributed by atoms with Gasteiger partial charge < -0.3 is 4.74 Å². The van der Waals surface area contributed by atoms with Crippen LogP contribution in [0, 0.1) is 0 Å². The fourth-order valence-electron chi connectivity index (χ4n) is 3.65. The van der Waals surface area contributed by atoms with Gasteiger partial charge in [0.25, 0.3) is 0 Å². The minimum atomic E-state index is 0.115. The van der Waals surface area contributed by atoms with E-state index in [0.717, 1.165) is 38.2 Å². The van der Waals surface area contributed by atoms with Crippen LogP contribution in [0.2, 0.25) is 0 Å². The lowest BCUT2D eigenvalue weighted by Gasteiger charge is -2.26. The molecular weight excluding hydrogens is 392 g/mol. The molecule has 2 aromatic heterocycles. The van der Waals surface area contributed by atoms with Gasteiger partial charge in [0.15, 0.2) is 12.4 Å². The van der Waals surface area contributed by atoms with Gasteiger partial charge in [-0.2, -0.15) is 0 Å². The number of aromatic nitrogens is 2. The van der Waals surface area contributed by atoms with E-state index in [1.807, 2.05) is 24.5 Å². The van der Waals surface area contributed by atoms with E-state index in [1.165, 1.54) is 22.3 Å². The van der Waals surface area contributed by atoms with Crippen molar-refractivity contribution in [3.05, 3.63) is 78.4 Å². The van der Waals surface area contributed by atoms with Gasteiger partial charge in [-0.15, -0.1) is 0 Å². The summed E-state index contributed by atoms with van der Waals surface area (Å²) in [6.07, 6.45) is 11.4. The van der Waals surface area contributed by atoms with E-state index in [-0.39, 0.29) is 10.8 Å². The van der Waals surface area contributed by atoms with Gasteiger partial charge in [0, 0.05) is 30.9 Å². The second kappa shape index (κ2) is 10.3. The molecule has 0 saturated carbocycles. The smallest absolute Gasteiger partial charge is 0.169 e. The van der Waals surface area contributed by atoms with Gasteiger partial charge in [-0.25, -0.2) is 4.57 Å². The maximum Gasteiger partial charge on any atom is 0.169 e. The van der Waals surface area contributed by atoms with Crippen LogP contribution < -0.4 is 9.30 Å². The van der Waals surface area contributed by atoms with E-state index >= 15 is 0 Å². The molecule has 0 atom stereocenters. The third-order valence-electron chi connectivity index (χ3n) is 5.87. The first-order valence-electron chi connectivity index (χ1n) is 11.8. The summed E-state index contributed by atoms with van der Waals surface area (Å²) in [5.74, 6) is 1.00. The first kappa shape index (κ1) is 24.0. The van der Waals surface area contributed by atoms with Gasteiger partial charge in [0.1, 0.15) is 12.3 Å². The second-order valence-electron chi connectivity index (χ2n) is 10.7. The largest absolute Gasteiger partial charge is 0.494 e. The summed E-state index contributed by atoms with van der Waals surface area (Å²) in [6, 6.07) is 15.2. The standard InChI is InChI=1S/C29H39N2O/c1-28(2,3)25-20-26(29(4,5)6)22-27(21-25)32-19-9-7-8-16-31-17-12-24(13-18-31)23-10-14-30-15-11-23/h10-15,17-18,20-22H,7-9,16,19H2,1-6H3/q+1. The first-order valence-corrected chi connectivity index (χ1v) is 11.8. The van der Waals surface area contributed by atoms with Crippen LogP contribution in [0.4, 0.5) is 0 Å². The number of hydrogen-bond acceptors (Lipinski definition) is 2. The lowest BCUT2D eigenvalue weighted by molar-refractivity contribution is -0.697. The van der Waals surface area contributed by atoms with Crippen molar-refractivity contribution in [3.8, 4) is 16.9 Å². The Hall–Kier alpha value is -2.68. The number of unbranched alkanes of at least 4 members (excludes halogenated alkanes) is 2. The first-order chi connectivity index (χ1) is 15.1. The maximum absolute atomic E-state index is 6.18. The Kier molecular flexibility index (Phi) is 7.71. The van der Waals surface area contributed by atoms with E-state index in [2.05, 4.69) is 93.8 Å². The molecule has 170 valence electrons. The minimum absolute atomic E-state index is 0.115. The molecule has 0 bridgehead atoms. The molecule has 0 spiro atoms. The van der Waals surface area contributed by atoms with Gasteiger partial charge >= 0.3 is 0 Å². The number of hydrogen-bond donors (Lipinski definition) is 0. The lowest BCUT2D eigenvalue weighted by atomic mass is 9.80. The highest BCUT2D eigenvalue weighted by Gasteiger charge is 2.20. The van der Waals surface area contributed by atoms with Crippen LogP contribution in [0.5, 0.6) is 5.75 Å². The number of ether oxygens (including phenoxy) is 1. The summed E-state index contributed by atoms with van der Waals surface area (Å²) in [4.78, 5) is 4.09. The predicted octanol–water partition coefficient (Wildman–Crippen LogP) is 6.88. The second-order valence-corrected chi connectivity index (χ2v) is 10.7. The Balaban J connectivity index is 1.46. The van der Waals surface area contributed by atoms with E-state index in [4.69, 9.17) is 4.74 Å². The van der Waals surface area contributed by atoms with Gasteiger partial charge in [0.2, 0.25) is 0 Å². The molecule has 32 heavy (non-hydrogen) atoms. The van der Waals surface area contributed by atoms with Gasteiger partial charge in [-0.1, -0.05) is 47.6 Å². The van der Waals surface area contributed by atoms with Crippen molar-refractivity contribution in [2.75, 3.05) is 6.61 Å². The summed E-state index contributed by atoms with van der Waals surface area (Å²) in [5, 5.41) is 0. The monoisotopic (exact) mass is 431 g/mol. The molecule has 0 radical (unpaired) electrons. The molecule has 0 aliphatic carbocycles. The van der Waals surface area contributed by atoms with Crippen molar-refractivity contribution in [1.82, 2.24) is 4.98 Å². The lowest BCUT2D eigenvalue weighted by Crippen LogP contribution is -2.32. The van der Waals surface area contributed by atoms with Crippen LogP contribution in [0.25, 0.3) is 11.1 Å². The number of benzene rings is 1. The molecule has 1 aromatic carbocycles. The van der Waals surface area contributed by atoms with Crippen LogP contribution >= 0.6 is 0 Å². The predicted molar refractivity (Wildman–Crippen MR) is 133 cm³/mol. The summed E-state index contributed by atoms with van der Waals surface area (Å²) in [6.45, 7) is 15.4. The van der Waals surface area contributed by atoms with E-state index in [1.54, 1.807) is 0 Å². The van der Waals surface area contributed by atoms with Crippen LogP contribution in [-0.2, 0) is 17.4 Å².